The molecular weight excluding hydrogens is 527 g/mol. The Hall–Kier alpha value is -3.87. The molecule has 3 N–H and O–H groups in total. The van der Waals surface area contributed by atoms with Gasteiger partial charge in [0.25, 0.3) is 0 Å². The molecule has 0 amide bonds. The predicted octanol–water partition coefficient (Wildman–Crippen LogP) is 9.85. The molecule has 2 nitrogen and oxygen atoms in total. The smallest absolute Gasteiger partial charge is 0.0655 e. The van der Waals surface area contributed by atoms with Gasteiger partial charge in [-0.3, -0.25) is 0 Å². The fourth-order valence-corrected chi connectivity index (χ4v) is 8.19. The van der Waals surface area contributed by atoms with Gasteiger partial charge in [0.05, 0.1) is 11.4 Å². The van der Waals surface area contributed by atoms with Gasteiger partial charge in [-0.25, -0.2) is 0 Å². The van der Waals surface area contributed by atoms with Crippen LogP contribution < -0.4 is 16.4 Å². The van der Waals surface area contributed by atoms with Crippen LogP contribution in [0.1, 0.15) is 68.4 Å². The summed E-state index contributed by atoms with van der Waals surface area (Å²) in [5.74, 6) is 0. The van der Waals surface area contributed by atoms with Crippen molar-refractivity contribution >= 4 is 30.3 Å². The van der Waals surface area contributed by atoms with Gasteiger partial charge in [0, 0.05) is 11.6 Å². The summed E-state index contributed by atoms with van der Waals surface area (Å²) in [7, 11) is -0.630. The molecule has 216 valence electrons. The molecule has 0 saturated carbocycles. The van der Waals surface area contributed by atoms with E-state index in [2.05, 4.69) is 121 Å². The van der Waals surface area contributed by atoms with Crippen molar-refractivity contribution in [3.63, 3.8) is 0 Å². The third-order valence-electron chi connectivity index (χ3n) is 7.56. The number of hydrogen-bond donors (Lipinski definition) is 2. The van der Waals surface area contributed by atoms with Crippen LogP contribution in [-0.2, 0) is 6.42 Å². The molecule has 0 aromatic heterocycles. The van der Waals surface area contributed by atoms with Crippen LogP contribution in [0.3, 0.4) is 0 Å². The summed E-state index contributed by atoms with van der Waals surface area (Å²) in [4.78, 5) is 0. The van der Waals surface area contributed by atoms with Crippen LogP contribution in [0.25, 0.3) is 17.1 Å². The molecule has 3 aromatic carbocycles. The minimum Gasteiger partial charge on any atom is -0.397 e. The van der Waals surface area contributed by atoms with E-state index in [-0.39, 0.29) is 6.04 Å². The molecule has 3 aliphatic rings. The van der Waals surface area contributed by atoms with Crippen LogP contribution in [0, 0.1) is 6.92 Å². The lowest BCUT2D eigenvalue weighted by Gasteiger charge is -2.30. The van der Waals surface area contributed by atoms with E-state index in [1.807, 2.05) is 39.8 Å². The first kappa shape index (κ1) is 31.1. The number of fused-ring (bicyclic) bond motifs is 3. The van der Waals surface area contributed by atoms with Gasteiger partial charge in [-0.1, -0.05) is 143 Å². The Morgan fingerprint density at radius 1 is 0.762 bits per heavy atom. The molecule has 6 rings (SSSR count). The Kier molecular flexibility index (Phi) is 11.4. The van der Waals surface area contributed by atoms with Crippen molar-refractivity contribution in [2.45, 2.75) is 59.9 Å². The zero-order chi connectivity index (χ0) is 29.9. The predicted molar refractivity (Wildman–Crippen MR) is 188 cm³/mol. The standard InChI is InChI=1S/C35H33N2P.2C2H6/c1-25-26-11-6-8-19-33(36)35(31(25)18-9-13-26)37-28-21-23-30(24-22-28)38(29-15-3-2-4-16-29)34-20-10-14-27-12-5-7-17-32(27)34;2*1-2/h2-9,11-13,15-21,23-24,28,37H,10,14,22,36H2,1H3;2*1-2H3/b11-6-,19-8-,35-33-;;. The second kappa shape index (κ2) is 15.4. The largest absolute Gasteiger partial charge is 0.397 e. The Balaban J connectivity index is 0.000000972. The van der Waals surface area contributed by atoms with Crippen molar-refractivity contribution in [3.8, 4) is 0 Å². The van der Waals surface area contributed by atoms with Crippen LogP contribution in [-0.4, -0.2) is 6.04 Å². The van der Waals surface area contributed by atoms with Crippen molar-refractivity contribution in [1.82, 2.24) is 5.32 Å². The summed E-state index contributed by atoms with van der Waals surface area (Å²) in [5.41, 5.74) is 14.9. The average molecular weight is 573 g/mol. The van der Waals surface area contributed by atoms with E-state index >= 15 is 0 Å². The van der Waals surface area contributed by atoms with Gasteiger partial charge in [-0.2, -0.15) is 0 Å². The molecule has 0 fully saturated rings. The van der Waals surface area contributed by atoms with Crippen LogP contribution in [0.15, 0.2) is 126 Å². The number of rotatable bonds is 5. The highest BCUT2D eigenvalue weighted by Gasteiger charge is 2.26. The fourth-order valence-electron chi connectivity index (χ4n) is 5.57. The van der Waals surface area contributed by atoms with E-state index in [0.29, 0.717) is 0 Å². The average Bonchev–Trinajstić information content (AvgIpc) is 3.08. The lowest BCUT2D eigenvalue weighted by atomic mass is 9.97. The SMILES string of the molecule is CC.CC.Cc1c2cccc1\C(NC1C=CC(P(C3=CCCc4ccccc43)c3ccccc3)=CC1)=C(N)/C=C\C=C/2. The molecule has 2 bridgehead atoms. The van der Waals surface area contributed by atoms with Crippen LogP contribution >= 0.6 is 7.92 Å². The van der Waals surface area contributed by atoms with E-state index in [1.54, 1.807) is 0 Å². The number of nitrogens with two attached hydrogens (primary N) is 1. The maximum atomic E-state index is 6.59. The van der Waals surface area contributed by atoms with Crippen molar-refractivity contribution in [2.75, 3.05) is 0 Å². The van der Waals surface area contributed by atoms with Gasteiger partial charge < -0.3 is 11.1 Å². The van der Waals surface area contributed by atoms with Crippen molar-refractivity contribution < 1.29 is 0 Å². The highest BCUT2D eigenvalue weighted by Crippen LogP contribution is 2.58. The van der Waals surface area contributed by atoms with Gasteiger partial charge in [0.1, 0.15) is 0 Å². The lowest BCUT2D eigenvalue weighted by Crippen LogP contribution is -2.29. The quantitative estimate of drug-likeness (QED) is 0.299. The summed E-state index contributed by atoms with van der Waals surface area (Å²) in [6.07, 6.45) is 21.0. The Bertz CT molecular complexity index is 1540. The number of allylic oxidation sites excluding steroid dienone is 6. The zero-order valence-electron chi connectivity index (χ0n) is 25.8. The van der Waals surface area contributed by atoms with E-state index in [0.717, 1.165) is 36.2 Å². The molecule has 0 aliphatic heterocycles. The molecule has 2 unspecified atom stereocenters. The first-order valence-corrected chi connectivity index (χ1v) is 16.8. The van der Waals surface area contributed by atoms with E-state index in [1.165, 1.54) is 38.2 Å². The van der Waals surface area contributed by atoms with Gasteiger partial charge in [-0.15, -0.1) is 0 Å². The molecule has 0 saturated heterocycles. The number of hydrogen-bond acceptors (Lipinski definition) is 2. The molecular formula is C39H45N2P. The third-order valence-corrected chi connectivity index (χ3v) is 10.1. The summed E-state index contributed by atoms with van der Waals surface area (Å²) in [6, 6.07) is 26.6. The minimum atomic E-state index is -0.630. The molecule has 42 heavy (non-hydrogen) atoms. The Morgan fingerprint density at radius 3 is 2.24 bits per heavy atom. The molecule has 3 heteroatoms. The first-order valence-electron chi connectivity index (χ1n) is 15.4. The van der Waals surface area contributed by atoms with E-state index in [4.69, 9.17) is 5.73 Å². The Morgan fingerprint density at radius 2 is 1.48 bits per heavy atom. The molecule has 0 heterocycles. The van der Waals surface area contributed by atoms with E-state index in [9.17, 15) is 0 Å². The normalized spacial score (nSPS) is 20.7. The topological polar surface area (TPSA) is 38.0 Å². The second-order valence-electron chi connectivity index (χ2n) is 10.00. The highest BCUT2D eigenvalue weighted by atomic mass is 31.1. The van der Waals surface area contributed by atoms with Gasteiger partial charge >= 0.3 is 0 Å². The minimum absolute atomic E-state index is 0.178. The van der Waals surface area contributed by atoms with Gasteiger partial charge in [-0.05, 0) is 78.4 Å². The lowest BCUT2D eigenvalue weighted by molar-refractivity contribution is 0.714. The number of aryl methyl sites for hydroxylation is 1. The maximum absolute atomic E-state index is 6.59. The van der Waals surface area contributed by atoms with Crippen molar-refractivity contribution in [1.29, 1.82) is 0 Å². The second-order valence-corrected chi connectivity index (χ2v) is 12.2. The first-order chi connectivity index (χ1) is 20.7. The van der Waals surface area contributed by atoms with E-state index < -0.39 is 7.92 Å². The van der Waals surface area contributed by atoms with Crippen molar-refractivity contribution in [2.24, 2.45) is 5.73 Å². The Labute approximate surface area is 254 Å². The monoisotopic (exact) mass is 572 g/mol. The molecule has 0 radical (unpaired) electrons. The zero-order valence-corrected chi connectivity index (χ0v) is 26.7. The van der Waals surface area contributed by atoms with Crippen LogP contribution in [0.2, 0.25) is 0 Å². The van der Waals surface area contributed by atoms with Crippen molar-refractivity contribution in [3.05, 3.63) is 154 Å². The number of benzene rings is 3. The molecule has 3 aliphatic carbocycles. The molecule has 0 spiro atoms. The molecule has 2 atom stereocenters. The van der Waals surface area contributed by atoms with Crippen LogP contribution in [0.5, 0.6) is 0 Å². The van der Waals surface area contributed by atoms with Gasteiger partial charge in [0.15, 0.2) is 0 Å². The summed E-state index contributed by atoms with van der Waals surface area (Å²) in [5, 5.41) is 8.10. The molecule has 3 aromatic rings. The summed E-state index contributed by atoms with van der Waals surface area (Å²) in [6.45, 7) is 10.2. The summed E-state index contributed by atoms with van der Waals surface area (Å²) >= 11 is 0. The summed E-state index contributed by atoms with van der Waals surface area (Å²) < 4.78 is 0. The fraction of sp³-hybridized carbons (Fsp3) is 0.231. The third kappa shape index (κ3) is 6.94. The highest BCUT2D eigenvalue weighted by molar-refractivity contribution is 7.79. The van der Waals surface area contributed by atoms with Gasteiger partial charge in [0.2, 0.25) is 0 Å². The number of nitrogens with one attached hydrogen (secondary N) is 1. The van der Waals surface area contributed by atoms with Crippen LogP contribution in [0.4, 0.5) is 0 Å². The maximum Gasteiger partial charge on any atom is 0.0655 e.